The highest BCUT2D eigenvalue weighted by atomic mass is 32.1. The van der Waals surface area contributed by atoms with Gasteiger partial charge in [-0.25, -0.2) is 0 Å². The first-order chi connectivity index (χ1) is 12.2. The zero-order valence-electron chi connectivity index (χ0n) is 15.3. The van der Waals surface area contributed by atoms with E-state index in [4.69, 9.17) is 4.74 Å². The number of nitrogens with zero attached hydrogens (tertiary/aromatic N) is 2. The topological polar surface area (TPSA) is 36.9 Å². The first-order valence-corrected chi connectivity index (χ1v) is 9.63. The summed E-state index contributed by atoms with van der Waals surface area (Å²) in [6, 6.07) is 12.8. The molecule has 4 nitrogen and oxygen atoms in total. The zero-order chi connectivity index (χ0) is 17.7. The third-order valence-corrected chi connectivity index (χ3v) is 5.92. The molecule has 0 bridgehead atoms. The molecule has 1 aromatic carbocycles. The molecule has 5 heteroatoms. The normalized spacial score (nSPS) is 15.7. The molecule has 0 aliphatic heterocycles. The van der Waals surface area contributed by atoms with Gasteiger partial charge in [-0.05, 0) is 48.4 Å². The lowest BCUT2D eigenvalue weighted by atomic mass is 9.96. The molecule has 0 atom stereocenters. The number of hydrogen-bond donors (Lipinski definition) is 1. The van der Waals surface area contributed by atoms with Crippen LogP contribution < -0.4 is 10.1 Å². The molecule has 0 spiro atoms. The Kier molecular flexibility index (Phi) is 5.63. The molecule has 3 rings (SSSR count). The van der Waals surface area contributed by atoms with E-state index in [1.54, 1.807) is 7.11 Å². The largest absolute Gasteiger partial charge is 0.497 e. The maximum absolute atomic E-state index is 5.27. The number of likely N-dealkylation sites (N-methyl/N-ethyl adjacent to an activating group) is 1. The Labute approximate surface area is 154 Å². The van der Waals surface area contributed by atoms with Crippen molar-refractivity contribution in [1.82, 2.24) is 10.2 Å². The van der Waals surface area contributed by atoms with E-state index >= 15 is 0 Å². The van der Waals surface area contributed by atoms with Gasteiger partial charge in [-0.3, -0.25) is 4.99 Å². The Balaban J connectivity index is 1.55. The number of methoxy groups -OCH3 is 1. The lowest BCUT2D eigenvalue weighted by molar-refractivity contribution is 0.414. The molecule has 0 radical (unpaired) electrons. The van der Waals surface area contributed by atoms with Gasteiger partial charge in [-0.1, -0.05) is 18.2 Å². The molecule has 0 amide bonds. The van der Waals surface area contributed by atoms with Crippen molar-refractivity contribution in [3.63, 3.8) is 0 Å². The highest BCUT2D eigenvalue weighted by Gasteiger charge is 2.44. The summed E-state index contributed by atoms with van der Waals surface area (Å²) in [4.78, 5) is 8.08. The van der Waals surface area contributed by atoms with Crippen molar-refractivity contribution in [3.8, 4) is 5.75 Å². The molecule has 25 heavy (non-hydrogen) atoms. The first-order valence-electron chi connectivity index (χ1n) is 8.75. The number of guanidine groups is 1. The smallest absolute Gasteiger partial charge is 0.193 e. The molecular formula is C20H27N3OS. The molecule has 1 saturated carbocycles. The number of thiophene rings is 1. The van der Waals surface area contributed by atoms with Crippen LogP contribution in [-0.4, -0.2) is 45.2 Å². The lowest BCUT2D eigenvalue weighted by Crippen LogP contribution is -2.43. The second-order valence-electron chi connectivity index (χ2n) is 6.66. The minimum absolute atomic E-state index is 0.247. The van der Waals surface area contributed by atoms with Crippen LogP contribution >= 0.6 is 11.3 Å². The highest BCUT2D eigenvalue weighted by Crippen LogP contribution is 2.47. The number of ether oxygens (including phenoxy) is 1. The summed E-state index contributed by atoms with van der Waals surface area (Å²) in [5.41, 5.74) is 1.63. The number of nitrogens with one attached hydrogen (secondary N) is 1. The Morgan fingerprint density at radius 2 is 2.04 bits per heavy atom. The molecule has 1 heterocycles. The molecule has 2 aromatic rings. The van der Waals surface area contributed by atoms with Gasteiger partial charge in [-0.15, -0.1) is 11.3 Å². The predicted octanol–water partition coefficient (Wildman–Crippen LogP) is 3.54. The van der Waals surface area contributed by atoms with E-state index in [0.717, 1.165) is 31.2 Å². The second kappa shape index (κ2) is 7.91. The van der Waals surface area contributed by atoms with Crippen molar-refractivity contribution >= 4 is 17.3 Å². The summed E-state index contributed by atoms with van der Waals surface area (Å²) in [7, 11) is 5.67. The van der Waals surface area contributed by atoms with Crippen LogP contribution in [0, 0.1) is 0 Å². The maximum Gasteiger partial charge on any atom is 0.193 e. The minimum Gasteiger partial charge on any atom is -0.497 e. The monoisotopic (exact) mass is 357 g/mol. The average Bonchev–Trinajstić information content (AvgIpc) is 3.25. The van der Waals surface area contributed by atoms with E-state index in [2.05, 4.69) is 64.0 Å². The summed E-state index contributed by atoms with van der Waals surface area (Å²) in [5.74, 6) is 1.88. The van der Waals surface area contributed by atoms with Gasteiger partial charge < -0.3 is 15.0 Å². The van der Waals surface area contributed by atoms with Gasteiger partial charge in [0.25, 0.3) is 0 Å². The lowest BCUT2D eigenvalue weighted by Gasteiger charge is -2.25. The van der Waals surface area contributed by atoms with E-state index in [0.29, 0.717) is 0 Å². The van der Waals surface area contributed by atoms with Gasteiger partial charge in [0.15, 0.2) is 5.96 Å². The van der Waals surface area contributed by atoms with Gasteiger partial charge in [-0.2, -0.15) is 0 Å². The molecule has 1 N–H and O–H groups in total. The molecule has 0 saturated heterocycles. The van der Waals surface area contributed by atoms with Crippen molar-refractivity contribution in [2.75, 3.05) is 34.3 Å². The molecule has 1 aromatic heterocycles. The van der Waals surface area contributed by atoms with Gasteiger partial charge >= 0.3 is 0 Å². The van der Waals surface area contributed by atoms with Crippen LogP contribution in [0.1, 0.15) is 23.3 Å². The molecule has 0 unspecified atom stereocenters. The van der Waals surface area contributed by atoms with Crippen LogP contribution in [0.3, 0.4) is 0 Å². The minimum atomic E-state index is 0.247. The third kappa shape index (κ3) is 4.34. The predicted molar refractivity (Wildman–Crippen MR) is 106 cm³/mol. The van der Waals surface area contributed by atoms with Crippen LogP contribution in [0.15, 0.2) is 46.8 Å². The Hall–Kier alpha value is -2.01. The van der Waals surface area contributed by atoms with E-state index in [1.807, 2.05) is 18.4 Å². The molecule has 134 valence electrons. The Bertz CT molecular complexity index is 690. The number of hydrogen-bond acceptors (Lipinski definition) is 3. The van der Waals surface area contributed by atoms with Crippen molar-refractivity contribution in [1.29, 1.82) is 0 Å². The van der Waals surface area contributed by atoms with Gasteiger partial charge in [0.05, 0.1) is 7.11 Å². The van der Waals surface area contributed by atoms with Crippen LogP contribution in [-0.2, 0) is 11.8 Å². The van der Waals surface area contributed by atoms with Crippen LogP contribution in [0.4, 0.5) is 0 Å². The summed E-state index contributed by atoms with van der Waals surface area (Å²) in [6.45, 7) is 1.89. The summed E-state index contributed by atoms with van der Waals surface area (Å²) in [6.07, 6.45) is 3.50. The summed E-state index contributed by atoms with van der Waals surface area (Å²) in [5, 5.41) is 5.71. The highest BCUT2D eigenvalue weighted by molar-refractivity contribution is 7.09. The number of aliphatic imine (C=N–C) groups is 1. The van der Waals surface area contributed by atoms with Crippen LogP contribution in [0.25, 0.3) is 0 Å². The van der Waals surface area contributed by atoms with Gasteiger partial charge in [0.2, 0.25) is 0 Å². The van der Waals surface area contributed by atoms with Crippen molar-refractivity contribution in [3.05, 3.63) is 52.2 Å². The van der Waals surface area contributed by atoms with Gasteiger partial charge in [0.1, 0.15) is 5.75 Å². The van der Waals surface area contributed by atoms with Crippen molar-refractivity contribution < 1.29 is 4.74 Å². The fraction of sp³-hybridized carbons (Fsp3) is 0.450. The first kappa shape index (κ1) is 17.8. The summed E-state index contributed by atoms with van der Waals surface area (Å²) >= 11 is 1.81. The molecule has 1 fully saturated rings. The fourth-order valence-electron chi connectivity index (χ4n) is 3.13. The second-order valence-corrected chi connectivity index (χ2v) is 7.69. The quantitative estimate of drug-likeness (QED) is 0.608. The summed E-state index contributed by atoms with van der Waals surface area (Å²) < 4.78 is 5.27. The van der Waals surface area contributed by atoms with Crippen molar-refractivity contribution in [2.24, 2.45) is 4.99 Å². The Morgan fingerprint density at radius 1 is 1.28 bits per heavy atom. The number of benzene rings is 1. The maximum atomic E-state index is 5.27. The fourth-order valence-corrected chi connectivity index (χ4v) is 3.83. The average molecular weight is 358 g/mol. The van der Waals surface area contributed by atoms with E-state index in [-0.39, 0.29) is 5.41 Å². The number of rotatable bonds is 7. The third-order valence-electron chi connectivity index (χ3n) is 4.99. The SMILES string of the molecule is CN=C(NCC1(c2ccc(OC)cc2)CC1)N(C)CCc1cccs1. The standard InChI is InChI=1S/C20H27N3OS/c1-21-19(23(2)13-10-18-5-4-14-25-18)22-15-20(11-12-20)16-6-8-17(24-3)9-7-16/h4-9,14H,10-13,15H2,1-3H3,(H,21,22). The molecular weight excluding hydrogens is 330 g/mol. The zero-order valence-corrected chi connectivity index (χ0v) is 16.1. The molecule has 1 aliphatic carbocycles. The van der Waals surface area contributed by atoms with E-state index in [9.17, 15) is 0 Å². The van der Waals surface area contributed by atoms with Gasteiger partial charge in [0, 0.05) is 37.5 Å². The van der Waals surface area contributed by atoms with Crippen LogP contribution in [0.2, 0.25) is 0 Å². The van der Waals surface area contributed by atoms with E-state index in [1.165, 1.54) is 23.3 Å². The van der Waals surface area contributed by atoms with Crippen LogP contribution in [0.5, 0.6) is 5.75 Å². The van der Waals surface area contributed by atoms with E-state index < -0.39 is 0 Å². The molecule has 1 aliphatic rings. The Morgan fingerprint density at radius 3 is 2.60 bits per heavy atom. The van der Waals surface area contributed by atoms with Crippen molar-refractivity contribution in [2.45, 2.75) is 24.7 Å².